The van der Waals surface area contributed by atoms with Gasteiger partial charge in [0.05, 0.1) is 0 Å². The van der Waals surface area contributed by atoms with Crippen molar-refractivity contribution in [2.24, 2.45) is 0 Å². The van der Waals surface area contributed by atoms with E-state index >= 15 is 0 Å². The molecule has 0 saturated heterocycles. The van der Waals surface area contributed by atoms with E-state index in [0.717, 1.165) is 3.63 Å². The van der Waals surface area contributed by atoms with E-state index in [2.05, 4.69) is 41.9 Å². The Morgan fingerprint density at radius 1 is 1.19 bits per heavy atom. The fraction of sp³-hybridized carbons (Fsp3) is 0.385. The van der Waals surface area contributed by atoms with Gasteiger partial charge in [0, 0.05) is 0 Å². The van der Waals surface area contributed by atoms with E-state index in [9.17, 15) is 0 Å². The zero-order valence-electron chi connectivity index (χ0n) is 9.63. The maximum absolute atomic E-state index is 2.46. The molecule has 0 aliphatic heterocycles. The number of allylic oxidation sites excluding steroid dienone is 1. The first-order valence-corrected chi connectivity index (χ1v) is 9.21. The van der Waals surface area contributed by atoms with Crippen molar-refractivity contribution in [3.8, 4) is 0 Å². The van der Waals surface area contributed by atoms with Crippen molar-refractivity contribution in [3.63, 3.8) is 0 Å². The Morgan fingerprint density at radius 2 is 1.88 bits per heavy atom. The van der Waals surface area contributed by atoms with Crippen LogP contribution in [-0.2, 0) is 23.2 Å². The number of benzene rings is 1. The van der Waals surface area contributed by atoms with Gasteiger partial charge in [-0.05, 0) is 0 Å². The maximum Gasteiger partial charge on any atom is -1.00 e. The fourth-order valence-corrected chi connectivity index (χ4v) is 5.12. The number of hydrogen-bond donors (Lipinski definition) is 0. The topological polar surface area (TPSA) is 0 Å². The molecule has 0 radical (unpaired) electrons. The summed E-state index contributed by atoms with van der Waals surface area (Å²) >= 11 is -0.222. The van der Waals surface area contributed by atoms with Gasteiger partial charge in [0.15, 0.2) is 0 Å². The molecule has 0 heterocycles. The molecule has 86 valence electrons. The van der Waals surface area contributed by atoms with E-state index in [4.69, 9.17) is 0 Å². The van der Waals surface area contributed by atoms with Gasteiger partial charge in [-0.3, -0.25) is 0 Å². The number of fused-ring (bicyclic) bond motifs is 1. The van der Waals surface area contributed by atoms with Crippen molar-refractivity contribution < 1.29 is 48.0 Å². The fourth-order valence-electron chi connectivity index (χ4n) is 2.23. The second-order valence-corrected chi connectivity index (χ2v) is 6.66. The molecule has 1 aromatic carbocycles. The zero-order valence-corrected chi connectivity index (χ0v) is 13.6. The molecular formula is C13H16Cl2Zr. The van der Waals surface area contributed by atoms with E-state index in [1.54, 1.807) is 11.1 Å². The van der Waals surface area contributed by atoms with E-state index in [0.29, 0.717) is 0 Å². The minimum absolute atomic E-state index is 0. The van der Waals surface area contributed by atoms with Gasteiger partial charge in [0.25, 0.3) is 0 Å². The van der Waals surface area contributed by atoms with Crippen LogP contribution in [0.1, 0.15) is 34.5 Å². The third kappa shape index (κ3) is 3.22. The van der Waals surface area contributed by atoms with Gasteiger partial charge in [0.2, 0.25) is 0 Å². The van der Waals surface area contributed by atoms with Crippen LogP contribution < -0.4 is 24.8 Å². The summed E-state index contributed by atoms with van der Waals surface area (Å²) in [4.78, 5) is 0. The summed E-state index contributed by atoms with van der Waals surface area (Å²) in [6.45, 7) is 2.28. The van der Waals surface area contributed by atoms with Crippen LogP contribution in [0.2, 0.25) is 4.63 Å². The van der Waals surface area contributed by atoms with E-state index in [1.807, 2.05) is 0 Å². The smallest absolute Gasteiger partial charge is 1.00 e. The molecule has 16 heavy (non-hydrogen) atoms. The maximum atomic E-state index is 2.46. The van der Waals surface area contributed by atoms with Gasteiger partial charge < -0.3 is 24.8 Å². The van der Waals surface area contributed by atoms with Gasteiger partial charge in [-0.1, -0.05) is 0 Å². The van der Waals surface area contributed by atoms with Crippen LogP contribution >= 0.6 is 0 Å². The quantitative estimate of drug-likeness (QED) is 0.604. The summed E-state index contributed by atoms with van der Waals surface area (Å²) in [5.41, 5.74) is 4.82. The molecule has 2 rings (SSSR count). The molecule has 0 fully saturated rings. The first-order valence-electron chi connectivity index (χ1n) is 5.33. The average Bonchev–Trinajstić information content (AvgIpc) is 2.55. The van der Waals surface area contributed by atoms with Gasteiger partial charge >= 0.3 is 98.3 Å². The van der Waals surface area contributed by atoms with Crippen LogP contribution in [0.5, 0.6) is 0 Å². The van der Waals surface area contributed by atoms with Gasteiger partial charge in [0.1, 0.15) is 0 Å². The summed E-state index contributed by atoms with van der Waals surface area (Å²) < 4.78 is 3.33. The molecule has 3 heteroatoms. The molecule has 0 nitrogen and oxygen atoms in total. The second-order valence-electron chi connectivity index (χ2n) is 3.82. The van der Waals surface area contributed by atoms with Crippen LogP contribution in [-0.4, -0.2) is 0 Å². The Bertz CT molecular complexity index is 361. The molecular weight excluding hydrogens is 318 g/mol. The molecule has 0 N–H and O–H groups in total. The van der Waals surface area contributed by atoms with Crippen LogP contribution in [0.3, 0.4) is 0 Å². The zero-order chi connectivity index (χ0) is 9.97. The summed E-state index contributed by atoms with van der Waals surface area (Å²) in [5, 5.41) is 0. The largest absolute Gasteiger partial charge is 1.00 e. The Balaban J connectivity index is 0.00000112. The molecule has 0 saturated carbocycles. The molecule has 1 aliphatic carbocycles. The van der Waals surface area contributed by atoms with Gasteiger partial charge in [-0.25, -0.2) is 0 Å². The number of halogens is 2. The van der Waals surface area contributed by atoms with Crippen molar-refractivity contribution in [2.45, 2.75) is 28.0 Å². The molecule has 0 aromatic heterocycles. The average molecular weight is 334 g/mol. The van der Waals surface area contributed by atoms with E-state index in [1.165, 1.54) is 18.4 Å². The summed E-state index contributed by atoms with van der Waals surface area (Å²) in [5.74, 6) is 0. The number of hydrogen-bond acceptors (Lipinski definition) is 0. The summed E-state index contributed by atoms with van der Waals surface area (Å²) in [6.07, 6.45) is 5.03. The molecule has 1 unspecified atom stereocenters. The molecule has 1 aliphatic rings. The molecule has 0 spiro atoms. The Kier molecular flexibility index (Phi) is 7.90. The van der Waals surface area contributed by atoms with E-state index < -0.39 is 0 Å². The van der Waals surface area contributed by atoms with Crippen molar-refractivity contribution in [3.05, 3.63) is 41.0 Å². The summed E-state index contributed by atoms with van der Waals surface area (Å²) in [7, 11) is 0. The van der Waals surface area contributed by atoms with E-state index in [-0.39, 0.29) is 48.0 Å². The third-order valence-corrected chi connectivity index (χ3v) is 5.94. The van der Waals surface area contributed by atoms with Crippen molar-refractivity contribution in [2.75, 3.05) is 0 Å². The second kappa shape index (κ2) is 7.69. The van der Waals surface area contributed by atoms with Crippen LogP contribution in [0.25, 0.3) is 6.08 Å². The Labute approximate surface area is 122 Å². The first kappa shape index (κ1) is 16.4. The van der Waals surface area contributed by atoms with Crippen LogP contribution in [0, 0.1) is 0 Å². The summed E-state index contributed by atoms with van der Waals surface area (Å²) in [6, 6.07) is 8.93. The first-order chi connectivity index (χ1) is 6.86. The van der Waals surface area contributed by atoms with Crippen molar-refractivity contribution >= 4 is 6.08 Å². The predicted octanol–water partition coefficient (Wildman–Crippen LogP) is -1.94. The SMILES string of the molecule is CCCC1=Cc2ccccc2[CH]1[Zr+2][CH3].[Cl-].[Cl-]. The van der Waals surface area contributed by atoms with Crippen molar-refractivity contribution in [1.29, 1.82) is 0 Å². The molecule has 1 aromatic rings. The van der Waals surface area contributed by atoms with Crippen LogP contribution in [0.15, 0.2) is 29.8 Å². The number of rotatable bonds is 3. The van der Waals surface area contributed by atoms with Crippen LogP contribution in [0.4, 0.5) is 0 Å². The monoisotopic (exact) mass is 332 g/mol. The predicted molar refractivity (Wildman–Crippen MR) is 57.9 cm³/mol. The Hall–Kier alpha value is 0.423. The molecule has 1 atom stereocenters. The van der Waals surface area contributed by atoms with Gasteiger partial charge in [-0.15, -0.1) is 0 Å². The third-order valence-electron chi connectivity index (χ3n) is 2.85. The molecule has 0 bridgehead atoms. The van der Waals surface area contributed by atoms with Gasteiger partial charge in [-0.2, -0.15) is 0 Å². The minimum Gasteiger partial charge on any atom is -1.00 e. The normalized spacial score (nSPS) is 16.4. The Morgan fingerprint density at radius 3 is 2.50 bits per heavy atom. The molecule has 0 amide bonds. The van der Waals surface area contributed by atoms with Crippen molar-refractivity contribution in [1.82, 2.24) is 0 Å². The standard InChI is InChI=1S/C12H13.CH3.2ClH.Zr/c1-2-5-10-8-11-6-3-4-7-12(11)9-10;;;;/h3-4,6-9H,2,5H2,1H3;1H3;2*1H;/q;;;;+2/p-2. The minimum atomic E-state index is -0.222.